The first-order valence-corrected chi connectivity index (χ1v) is 11.2. The highest BCUT2D eigenvalue weighted by atomic mass is 35.5. The lowest BCUT2D eigenvalue weighted by Crippen LogP contribution is -2.52. The van der Waals surface area contributed by atoms with E-state index < -0.39 is 67.3 Å². The molecule has 5 N–H and O–H groups in total. The predicted molar refractivity (Wildman–Crippen MR) is 120 cm³/mol. The maximum Gasteiger partial charge on any atom is 0.573 e. The van der Waals surface area contributed by atoms with Crippen LogP contribution in [0.15, 0.2) is 30.6 Å². The number of carboxylic acids is 2. The Morgan fingerprint density at radius 3 is 2.54 bits per heavy atom. The second-order valence-corrected chi connectivity index (χ2v) is 8.66. The smallest absolute Gasteiger partial charge is 0.479 e. The van der Waals surface area contributed by atoms with Crippen LogP contribution in [0, 0.1) is 0 Å². The van der Waals surface area contributed by atoms with Crippen molar-refractivity contribution in [3.8, 4) is 5.75 Å². The van der Waals surface area contributed by atoms with Crippen molar-refractivity contribution in [2.45, 2.75) is 43.0 Å². The van der Waals surface area contributed by atoms with Gasteiger partial charge in [0, 0.05) is 6.42 Å². The molecule has 1 saturated heterocycles. The average molecular weight is 580 g/mol. The summed E-state index contributed by atoms with van der Waals surface area (Å²) < 4.78 is 68.3. The molecular formula is C21H18ClF4N5O8. The molecule has 0 saturated carbocycles. The fourth-order valence-corrected chi connectivity index (χ4v) is 4.11. The summed E-state index contributed by atoms with van der Waals surface area (Å²) in [5, 5.41) is 29.6. The monoisotopic (exact) mass is 579 g/mol. The van der Waals surface area contributed by atoms with E-state index >= 15 is 4.39 Å². The zero-order chi connectivity index (χ0) is 28.7. The van der Waals surface area contributed by atoms with Crippen LogP contribution in [0.2, 0.25) is 5.28 Å². The van der Waals surface area contributed by atoms with Crippen LogP contribution in [0.3, 0.4) is 0 Å². The van der Waals surface area contributed by atoms with Crippen molar-refractivity contribution in [2.75, 3.05) is 12.3 Å². The van der Waals surface area contributed by atoms with Gasteiger partial charge in [-0.25, -0.2) is 19.0 Å². The van der Waals surface area contributed by atoms with Crippen LogP contribution in [0.4, 0.5) is 23.4 Å². The normalized spacial score (nSPS) is 21.8. The molecule has 39 heavy (non-hydrogen) atoms. The average Bonchev–Trinajstić information content (AvgIpc) is 3.36. The standard InChI is InChI=1S/C21H18ClF4N5O8/c22-19-29-14(27)12-15(30-19)31(7-28-12)16-11(23)13(32)10(38-16)6-37-20(17(33)34,18(35)36)5-8-2-1-3-9(4-8)39-21(24,25)26/h1-4,7,10-11,13,16,32H,5-6H2,(H,33,34)(H,35,36)(H2,27,29,30)/t10-,11+,13-,16-/m1/s1. The number of carbonyl (C=O) groups is 2. The first kappa shape index (κ1) is 28.2. The lowest BCUT2D eigenvalue weighted by molar-refractivity contribution is -0.274. The Kier molecular flexibility index (Phi) is 7.53. The molecule has 0 radical (unpaired) electrons. The number of hydrogen-bond donors (Lipinski definition) is 4. The lowest BCUT2D eigenvalue weighted by Gasteiger charge is -2.27. The number of aliphatic hydroxyl groups excluding tert-OH is 1. The largest absolute Gasteiger partial charge is 0.573 e. The van der Waals surface area contributed by atoms with Gasteiger partial charge < -0.3 is 35.3 Å². The SMILES string of the molecule is Nc1nc(Cl)nc2c1ncn2[C@@H]1O[C@H](COC(Cc2cccc(OC(F)(F)F)c2)(C(=O)O)C(=O)O)[C@@H](O)[C@@H]1F. The molecule has 3 heterocycles. The lowest BCUT2D eigenvalue weighted by atomic mass is 9.94. The van der Waals surface area contributed by atoms with Gasteiger partial charge in [-0.1, -0.05) is 12.1 Å². The van der Waals surface area contributed by atoms with Crippen molar-refractivity contribution in [1.29, 1.82) is 0 Å². The summed E-state index contributed by atoms with van der Waals surface area (Å²) in [5.41, 5.74) is 2.48. The molecule has 4 atom stereocenters. The molecular weight excluding hydrogens is 562 g/mol. The number of hydrogen-bond acceptors (Lipinski definition) is 10. The van der Waals surface area contributed by atoms with Crippen molar-refractivity contribution < 1.29 is 56.7 Å². The van der Waals surface area contributed by atoms with Gasteiger partial charge in [0.2, 0.25) is 5.28 Å². The fraction of sp³-hybridized carbons (Fsp3) is 0.381. The van der Waals surface area contributed by atoms with Gasteiger partial charge >= 0.3 is 18.3 Å². The van der Waals surface area contributed by atoms with E-state index in [1.54, 1.807) is 0 Å². The topological polar surface area (TPSA) is 192 Å². The van der Waals surface area contributed by atoms with E-state index in [1.807, 2.05) is 0 Å². The van der Waals surface area contributed by atoms with Crippen molar-refractivity contribution in [3.63, 3.8) is 0 Å². The number of nitrogen functional groups attached to an aromatic ring is 1. The Balaban J connectivity index is 1.56. The first-order valence-electron chi connectivity index (χ1n) is 10.8. The van der Waals surface area contributed by atoms with Crippen molar-refractivity contribution in [1.82, 2.24) is 19.5 Å². The number of imidazole rings is 1. The molecule has 0 aliphatic carbocycles. The Bertz CT molecular complexity index is 1390. The second kappa shape index (κ2) is 10.4. The summed E-state index contributed by atoms with van der Waals surface area (Å²) in [5.74, 6) is -4.87. The third kappa shape index (κ3) is 5.65. The van der Waals surface area contributed by atoms with E-state index in [4.69, 9.17) is 26.8 Å². The molecule has 13 nitrogen and oxygen atoms in total. The second-order valence-electron chi connectivity index (χ2n) is 8.32. The molecule has 0 unspecified atom stereocenters. The zero-order valence-corrected chi connectivity index (χ0v) is 20.0. The Morgan fingerprint density at radius 1 is 1.21 bits per heavy atom. The molecule has 1 aromatic carbocycles. The molecule has 1 aliphatic heterocycles. The van der Waals surface area contributed by atoms with Gasteiger partial charge in [-0.15, -0.1) is 13.2 Å². The van der Waals surface area contributed by atoms with Gasteiger partial charge in [-0.05, 0) is 29.3 Å². The number of rotatable bonds is 9. The van der Waals surface area contributed by atoms with E-state index in [-0.39, 0.29) is 27.8 Å². The quantitative estimate of drug-likeness (QED) is 0.163. The summed E-state index contributed by atoms with van der Waals surface area (Å²) in [4.78, 5) is 35.7. The Morgan fingerprint density at radius 2 is 1.90 bits per heavy atom. The molecule has 3 aromatic rings. The number of ether oxygens (including phenoxy) is 3. The highest BCUT2D eigenvalue weighted by Crippen LogP contribution is 2.35. The molecule has 210 valence electrons. The van der Waals surface area contributed by atoms with Crippen LogP contribution in [0.1, 0.15) is 11.8 Å². The Labute approximate surface area is 219 Å². The molecule has 2 aromatic heterocycles. The minimum atomic E-state index is -5.05. The van der Waals surface area contributed by atoms with Gasteiger partial charge in [-0.3, -0.25) is 4.57 Å². The number of nitrogens with two attached hydrogens (primary N) is 1. The highest BCUT2D eigenvalue weighted by molar-refractivity contribution is 6.28. The summed E-state index contributed by atoms with van der Waals surface area (Å²) in [7, 11) is 0. The van der Waals surface area contributed by atoms with Crippen molar-refractivity contribution in [2.24, 2.45) is 0 Å². The summed E-state index contributed by atoms with van der Waals surface area (Å²) in [6.07, 6.45) is -12.2. The number of benzene rings is 1. The van der Waals surface area contributed by atoms with Crippen molar-refractivity contribution in [3.05, 3.63) is 41.4 Å². The fourth-order valence-electron chi connectivity index (χ4n) is 3.94. The highest BCUT2D eigenvalue weighted by Gasteiger charge is 2.52. The molecule has 18 heteroatoms. The van der Waals surface area contributed by atoms with Crippen LogP contribution in [-0.2, 0) is 25.5 Å². The van der Waals surface area contributed by atoms with Gasteiger partial charge in [0.1, 0.15) is 23.5 Å². The molecule has 1 aliphatic rings. The zero-order valence-electron chi connectivity index (χ0n) is 19.2. The number of anilines is 1. The third-order valence-electron chi connectivity index (χ3n) is 5.76. The van der Waals surface area contributed by atoms with Gasteiger partial charge in [-0.2, -0.15) is 9.97 Å². The third-order valence-corrected chi connectivity index (χ3v) is 5.93. The number of halogens is 5. The van der Waals surface area contributed by atoms with E-state index in [9.17, 15) is 38.1 Å². The van der Waals surface area contributed by atoms with Crippen LogP contribution in [0.5, 0.6) is 5.75 Å². The molecule has 0 bridgehead atoms. The summed E-state index contributed by atoms with van der Waals surface area (Å²) >= 11 is 5.80. The number of nitrogens with zero attached hydrogens (tertiary/aromatic N) is 4. The van der Waals surface area contributed by atoms with Gasteiger partial charge in [0.25, 0.3) is 5.60 Å². The molecule has 0 amide bonds. The van der Waals surface area contributed by atoms with E-state index in [0.717, 1.165) is 35.2 Å². The van der Waals surface area contributed by atoms with Crippen LogP contribution >= 0.6 is 11.6 Å². The number of aromatic nitrogens is 4. The number of carboxylic acid groups (broad SMARTS) is 2. The number of alkyl halides is 4. The van der Waals surface area contributed by atoms with Crippen LogP contribution in [0.25, 0.3) is 11.2 Å². The van der Waals surface area contributed by atoms with Crippen LogP contribution in [-0.4, -0.2) is 83.7 Å². The van der Waals surface area contributed by atoms with Gasteiger partial charge in [0.05, 0.1) is 12.9 Å². The first-order chi connectivity index (χ1) is 18.2. The summed E-state index contributed by atoms with van der Waals surface area (Å²) in [6, 6.07) is 3.96. The van der Waals surface area contributed by atoms with Gasteiger partial charge in [0.15, 0.2) is 23.9 Å². The predicted octanol–water partition coefficient (Wildman–Crippen LogP) is 1.72. The molecule has 0 spiro atoms. The number of aliphatic hydroxyl groups is 1. The maximum atomic E-state index is 15.1. The van der Waals surface area contributed by atoms with Crippen LogP contribution < -0.4 is 10.5 Å². The number of fused-ring (bicyclic) bond motifs is 1. The Hall–Kier alpha value is -3.80. The molecule has 1 fully saturated rings. The minimum absolute atomic E-state index is 0.0414. The molecule has 4 rings (SSSR count). The van der Waals surface area contributed by atoms with E-state index in [0.29, 0.717) is 0 Å². The van der Waals surface area contributed by atoms with Crippen molar-refractivity contribution >= 4 is 40.5 Å². The summed E-state index contributed by atoms with van der Waals surface area (Å²) in [6.45, 7) is -0.945. The van der Waals surface area contributed by atoms with E-state index in [1.165, 1.54) is 0 Å². The van der Waals surface area contributed by atoms with E-state index in [2.05, 4.69) is 19.7 Å². The maximum absolute atomic E-state index is 15.1. The number of aliphatic carboxylic acids is 2. The minimum Gasteiger partial charge on any atom is -0.479 e.